The lowest BCUT2D eigenvalue weighted by molar-refractivity contribution is -0.135. The van der Waals surface area contributed by atoms with E-state index in [2.05, 4.69) is 5.32 Å². The van der Waals surface area contributed by atoms with Gasteiger partial charge in [0.05, 0.1) is 10.0 Å². The van der Waals surface area contributed by atoms with Gasteiger partial charge in [0.2, 0.25) is 5.91 Å². The Morgan fingerprint density at radius 2 is 2.08 bits per heavy atom. The van der Waals surface area contributed by atoms with Gasteiger partial charge in [-0.3, -0.25) is 9.59 Å². The van der Waals surface area contributed by atoms with Crippen molar-refractivity contribution in [2.75, 3.05) is 19.7 Å². The summed E-state index contributed by atoms with van der Waals surface area (Å²) in [5.74, 6) is 0.347. The van der Waals surface area contributed by atoms with E-state index in [-0.39, 0.29) is 30.4 Å². The number of nitrogens with zero attached hydrogens (tertiary/aromatic N) is 1. The van der Waals surface area contributed by atoms with E-state index >= 15 is 0 Å². The Morgan fingerprint density at radius 1 is 1.33 bits per heavy atom. The van der Waals surface area contributed by atoms with Gasteiger partial charge in [-0.15, -0.1) is 0 Å². The number of carbonyl (C=O) groups is 2. The highest BCUT2D eigenvalue weighted by atomic mass is 35.5. The Balaban J connectivity index is 1.85. The number of rotatable bonds is 5. The summed E-state index contributed by atoms with van der Waals surface area (Å²) in [6.07, 6.45) is 1.75. The fraction of sp³-hybridized carbons (Fsp3) is 0.529. The maximum atomic E-state index is 12.3. The molecule has 0 radical (unpaired) electrons. The summed E-state index contributed by atoms with van der Waals surface area (Å²) in [5.41, 5.74) is 0. The van der Waals surface area contributed by atoms with Crippen molar-refractivity contribution in [3.8, 4) is 5.75 Å². The predicted molar refractivity (Wildman–Crippen MR) is 94.5 cm³/mol. The predicted octanol–water partition coefficient (Wildman–Crippen LogP) is 3.14. The van der Waals surface area contributed by atoms with Crippen LogP contribution in [-0.2, 0) is 9.59 Å². The van der Waals surface area contributed by atoms with Crippen LogP contribution >= 0.6 is 23.2 Å². The topological polar surface area (TPSA) is 58.6 Å². The van der Waals surface area contributed by atoms with Crippen molar-refractivity contribution in [1.29, 1.82) is 0 Å². The Morgan fingerprint density at radius 3 is 2.75 bits per heavy atom. The number of hydrogen-bond acceptors (Lipinski definition) is 3. The maximum Gasteiger partial charge on any atom is 0.260 e. The van der Waals surface area contributed by atoms with Gasteiger partial charge >= 0.3 is 0 Å². The molecule has 1 N–H and O–H groups in total. The van der Waals surface area contributed by atoms with Gasteiger partial charge in [-0.1, -0.05) is 37.0 Å². The molecule has 0 aliphatic carbocycles. The number of amides is 2. The largest absolute Gasteiger partial charge is 0.484 e. The molecule has 1 aromatic rings. The zero-order valence-corrected chi connectivity index (χ0v) is 15.4. The van der Waals surface area contributed by atoms with Crippen LogP contribution in [0.25, 0.3) is 0 Å². The first kappa shape index (κ1) is 18.9. The van der Waals surface area contributed by atoms with Crippen LogP contribution in [0.3, 0.4) is 0 Å². The number of halogens is 2. The normalized spacial score (nSPS) is 17.7. The SMILES string of the molecule is CC(C)C(=O)NC1CCCN(C(=O)COc2ccc(Cl)c(Cl)c2)C1. The third kappa shape index (κ3) is 5.28. The van der Waals surface area contributed by atoms with E-state index in [4.69, 9.17) is 27.9 Å². The van der Waals surface area contributed by atoms with E-state index in [1.165, 1.54) is 0 Å². The molecule has 1 aliphatic heterocycles. The van der Waals surface area contributed by atoms with Crippen LogP contribution in [0.15, 0.2) is 18.2 Å². The Kier molecular flexibility index (Phi) is 6.75. The molecular weight excluding hydrogens is 351 g/mol. The lowest BCUT2D eigenvalue weighted by Crippen LogP contribution is -2.51. The molecule has 2 amide bonds. The molecule has 2 rings (SSSR count). The molecular formula is C17H22Cl2N2O3. The average Bonchev–Trinajstić information content (AvgIpc) is 2.55. The molecule has 1 saturated heterocycles. The van der Waals surface area contributed by atoms with Crippen LogP contribution < -0.4 is 10.1 Å². The average molecular weight is 373 g/mol. The van der Waals surface area contributed by atoms with Crippen LogP contribution in [0.2, 0.25) is 10.0 Å². The fourth-order valence-corrected chi connectivity index (χ4v) is 2.78. The lowest BCUT2D eigenvalue weighted by atomic mass is 10.0. The van der Waals surface area contributed by atoms with Crippen molar-refractivity contribution >= 4 is 35.0 Å². The molecule has 24 heavy (non-hydrogen) atoms. The minimum absolute atomic E-state index is 0.00239. The third-order valence-electron chi connectivity index (χ3n) is 3.90. The second-order valence-corrected chi connectivity index (χ2v) is 7.02. The highest BCUT2D eigenvalue weighted by Gasteiger charge is 2.25. The number of hydrogen-bond donors (Lipinski definition) is 1. The molecule has 0 spiro atoms. The van der Waals surface area contributed by atoms with Crippen molar-refractivity contribution < 1.29 is 14.3 Å². The van der Waals surface area contributed by atoms with E-state index in [1.807, 2.05) is 13.8 Å². The van der Waals surface area contributed by atoms with Crippen molar-refractivity contribution in [3.63, 3.8) is 0 Å². The Labute approximate surface area is 152 Å². The standard InChI is InChI=1S/C17H22Cl2N2O3/c1-11(2)17(23)20-12-4-3-7-21(9-12)16(22)10-24-13-5-6-14(18)15(19)8-13/h5-6,8,11-12H,3-4,7,9-10H2,1-2H3,(H,20,23). The summed E-state index contributed by atoms with van der Waals surface area (Å²) in [6, 6.07) is 4.88. The summed E-state index contributed by atoms with van der Waals surface area (Å²) in [5, 5.41) is 3.81. The lowest BCUT2D eigenvalue weighted by Gasteiger charge is -2.33. The van der Waals surface area contributed by atoms with Crippen molar-refractivity contribution in [2.24, 2.45) is 5.92 Å². The highest BCUT2D eigenvalue weighted by molar-refractivity contribution is 6.42. The molecule has 0 saturated carbocycles. The first-order valence-corrected chi connectivity index (χ1v) is 8.78. The Bertz CT molecular complexity index is 607. The molecule has 1 unspecified atom stereocenters. The summed E-state index contributed by atoms with van der Waals surface area (Å²) >= 11 is 11.8. The van der Waals surface area contributed by atoms with Crippen LogP contribution in [0.1, 0.15) is 26.7 Å². The maximum absolute atomic E-state index is 12.3. The van der Waals surface area contributed by atoms with Gasteiger partial charge in [0, 0.05) is 31.1 Å². The molecule has 0 bridgehead atoms. The van der Waals surface area contributed by atoms with Crippen LogP contribution in [0, 0.1) is 5.92 Å². The number of nitrogens with one attached hydrogen (secondary N) is 1. The molecule has 132 valence electrons. The zero-order valence-electron chi connectivity index (χ0n) is 13.9. The van der Waals surface area contributed by atoms with Crippen molar-refractivity contribution in [2.45, 2.75) is 32.7 Å². The van der Waals surface area contributed by atoms with Gasteiger partial charge in [0.1, 0.15) is 5.75 Å². The third-order valence-corrected chi connectivity index (χ3v) is 4.64. The van der Waals surface area contributed by atoms with Crippen LogP contribution in [0.5, 0.6) is 5.75 Å². The number of likely N-dealkylation sites (tertiary alicyclic amines) is 1. The van der Waals surface area contributed by atoms with E-state index in [0.717, 1.165) is 12.8 Å². The Hall–Kier alpha value is -1.46. The van der Waals surface area contributed by atoms with E-state index in [0.29, 0.717) is 28.9 Å². The van der Waals surface area contributed by atoms with E-state index in [1.54, 1.807) is 23.1 Å². The van der Waals surface area contributed by atoms with Gasteiger partial charge in [-0.2, -0.15) is 0 Å². The molecule has 1 aromatic carbocycles. The first-order chi connectivity index (χ1) is 11.4. The minimum atomic E-state index is -0.107. The molecule has 1 aliphatic rings. The molecule has 1 heterocycles. The van der Waals surface area contributed by atoms with Crippen LogP contribution in [-0.4, -0.2) is 42.5 Å². The summed E-state index contributed by atoms with van der Waals surface area (Å²) in [4.78, 5) is 25.8. The molecule has 5 nitrogen and oxygen atoms in total. The van der Waals surface area contributed by atoms with Gasteiger partial charge in [0.15, 0.2) is 6.61 Å². The summed E-state index contributed by atoms with van der Waals surface area (Å²) in [6.45, 7) is 4.83. The molecule has 0 aromatic heterocycles. The van der Waals surface area contributed by atoms with Crippen molar-refractivity contribution in [1.82, 2.24) is 10.2 Å². The second kappa shape index (κ2) is 8.58. The van der Waals surface area contributed by atoms with Gasteiger partial charge in [-0.05, 0) is 25.0 Å². The first-order valence-electron chi connectivity index (χ1n) is 8.03. The van der Waals surface area contributed by atoms with Gasteiger partial charge < -0.3 is 15.0 Å². The molecule has 1 fully saturated rings. The summed E-state index contributed by atoms with van der Waals surface area (Å²) < 4.78 is 5.49. The summed E-state index contributed by atoms with van der Waals surface area (Å²) in [7, 11) is 0. The monoisotopic (exact) mass is 372 g/mol. The number of benzene rings is 1. The minimum Gasteiger partial charge on any atom is -0.484 e. The number of ether oxygens (including phenoxy) is 1. The smallest absolute Gasteiger partial charge is 0.260 e. The fourth-order valence-electron chi connectivity index (χ4n) is 2.49. The number of piperidine rings is 1. The quantitative estimate of drug-likeness (QED) is 0.863. The van der Waals surface area contributed by atoms with E-state index in [9.17, 15) is 9.59 Å². The zero-order chi connectivity index (χ0) is 17.7. The molecule has 7 heteroatoms. The number of carbonyl (C=O) groups excluding carboxylic acids is 2. The second-order valence-electron chi connectivity index (χ2n) is 6.21. The van der Waals surface area contributed by atoms with Crippen molar-refractivity contribution in [3.05, 3.63) is 28.2 Å². The van der Waals surface area contributed by atoms with Gasteiger partial charge in [-0.25, -0.2) is 0 Å². The highest BCUT2D eigenvalue weighted by Crippen LogP contribution is 2.26. The van der Waals surface area contributed by atoms with E-state index < -0.39 is 0 Å². The van der Waals surface area contributed by atoms with Gasteiger partial charge in [0.25, 0.3) is 5.91 Å². The van der Waals surface area contributed by atoms with Crippen LogP contribution in [0.4, 0.5) is 0 Å². The molecule has 1 atom stereocenters.